The summed E-state index contributed by atoms with van der Waals surface area (Å²) in [7, 11) is 0. The van der Waals surface area contributed by atoms with E-state index >= 15 is 0 Å². The van der Waals surface area contributed by atoms with E-state index in [1.165, 1.54) is 4.90 Å². The summed E-state index contributed by atoms with van der Waals surface area (Å²) in [5.74, 6) is -2.63. The molecule has 5 atom stereocenters. The first kappa shape index (κ1) is 22.8. The Bertz CT molecular complexity index is 898. The van der Waals surface area contributed by atoms with Crippen LogP contribution < -0.4 is 45.3 Å². The van der Waals surface area contributed by atoms with Gasteiger partial charge in [0.15, 0.2) is 0 Å². The molecule has 2 fully saturated rings. The van der Waals surface area contributed by atoms with Crippen molar-refractivity contribution in [3.8, 4) is 0 Å². The number of β-lactam (4-membered cyclic amide) rings is 1. The van der Waals surface area contributed by atoms with Gasteiger partial charge in [0.2, 0.25) is 5.91 Å². The number of urea groups is 1. The molecule has 9 heteroatoms. The van der Waals surface area contributed by atoms with Crippen molar-refractivity contribution in [1.82, 2.24) is 10.2 Å². The zero-order valence-corrected chi connectivity index (χ0v) is 19.3. The minimum Gasteiger partial charge on any atom is -0.543 e. The maximum atomic E-state index is 12.5. The second-order valence-corrected chi connectivity index (χ2v) is 8.11. The van der Waals surface area contributed by atoms with Crippen molar-refractivity contribution < 1.29 is 54.2 Å². The van der Waals surface area contributed by atoms with Crippen LogP contribution in [0.25, 0.3) is 0 Å². The van der Waals surface area contributed by atoms with Crippen molar-refractivity contribution in [1.29, 1.82) is 0 Å². The Balaban J connectivity index is 0.00000256. The fourth-order valence-corrected chi connectivity index (χ4v) is 4.99. The average Bonchev–Trinajstić information content (AvgIpc) is 2.95. The van der Waals surface area contributed by atoms with Crippen LogP contribution >= 0.6 is 0 Å². The number of hydrogen-bond acceptors (Lipinski definition) is 5. The molecule has 8 nitrogen and oxygen atoms in total. The number of fused-ring (bicyclic) bond motifs is 3. The number of aliphatic hydroxyl groups excluding tert-OH is 1. The van der Waals surface area contributed by atoms with E-state index in [1.807, 2.05) is 19.1 Å². The Kier molecular flexibility index (Phi) is 6.62. The molecule has 1 aromatic carbocycles. The van der Waals surface area contributed by atoms with Gasteiger partial charge < -0.3 is 30.5 Å². The van der Waals surface area contributed by atoms with Gasteiger partial charge >= 0.3 is 35.6 Å². The number of carbonyl (C=O) groups excluding carboxylic acids is 3. The quantitative estimate of drug-likeness (QED) is 0.367. The molecule has 0 radical (unpaired) electrons. The number of aryl methyl sites for hydroxylation is 1. The summed E-state index contributed by atoms with van der Waals surface area (Å²) in [5.41, 5.74) is 2.11. The minimum atomic E-state index is -1.42. The van der Waals surface area contributed by atoms with Gasteiger partial charge in [0.25, 0.3) is 0 Å². The van der Waals surface area contributed by atoms with Crippen LogP contribution in [0.4, 0.5) is 10.5 Å². The number of carboxylic acid groups (broad SMARTS) is 1. The van der Waals surface area contributed by atoms with Crippen LogP contribution in [-0.4, -0.2) is 46.1 Å². The van der Waals surface area contributed by atoms with Crippen molar-refractivity contribution >= 4 is 23.6 Å². The fraction of sp³-hybridized carbons (Fsp3) is 0.476. The van der Waals surface area contributed by atoms with Gasteiger partial charge in [0.1, 0.15) is 0 Å². The molecule has 1 unspecified atom stereocenters. The first-order valence-corrected chi connectivity index (χ1v) is 9.90. The molecule has 2 heterocycles. The molecule has 1 aliphatic carbocycles. The number of aliphatic carboxylic acids is 1. The van der Waals surface area contributed by atoms with Gasteiger partial charge in [0, 0.05) is 11.6 Å². The molecular formula is C21H24N3NaO5. The molecule has 1 aromatic rings. The van der Waals surface area contributed by atoms with Crippen LogP contribution in [0.2, 0.25) is 0 Å². The smallest absolute Gasteiger partial charge is 0.543 e. The predicted molar refractivity (Wildman–Crippen MR) is 102 cm³/mol. The number of carbonyl (C=O) groups is 3. The molecule has 3 N–H and O–H groups in total. The normalized spacial score (nSPS) is 28.0. The standard InChI is InChI=1S/C21H25N3O5.Na/c1-10-6-8-12(9-7-10)22-21(29)23-14-5-3-4-13-16(14)18(20(27)28)24-17(13)15(11(2)25)19(24)26;/h6-9,11,13-15,17,25H,3-5H2,1-2H3,(H,27,28)(H2,22,23,29);/q;+1/p-1/t11?,13-,14-,15+,17+;/m0./s1. The molecule has 3 aliphatic rings. The first-order chi connectivity index (χ1) is 13.8. The SMILES string of the molecule is Cc1ccc(NC(=O)N[C@H]2CCC[C@H]3C2=C(C(=O)[O-])N2C(=O)[C@H](C(C)O)[C@@H]32)cc1.[Na+]. The van der Waals surface area contributed by atoms with Crippen LogP contribution in [0.1, 0.15) is 31.7 Å². The molecular weight excluding hydrogens is 397 g/mol. The average molecular weight is 421 g/mol. The summed E-state index contributed by atoms with van der Waals surface area (Å²) in [5, 5.41) is 27.5. The third-order valence-corrected chi connectivity index (χ3v) is 6.23. The summed E-state index contributed by atoms with van der Waals surface area (Å²) < 4.78 is 0. The number of benzene rings is 1. The molecule has 1 saturated heterocycles. The van der Waals surface area contributed by atoms with E-state index in [0.29, 0.717) is 24.1 Å². The van der Waals surface area contributed by atoms with Crippen molar-refractivity contribution in [2.24, 2.45) is 11.8 Å². The van der Waals surface area contributed by atoms with Gasteiger partial charge in [-0.2, -0.15) is 0 Å². The molecule has 3 amide bonds. The van der Waals surface area contributed by atoms with E-state index in [1.54, 1.807) is 19.1 Å². The van der Waals surface area contributed by atoms with E-state index in [2.05, 4.69) is 10.6 Å². The second kappa shape index (κ2) is 8.70. The zero-order valence-electron chi connectivity index (χ0n) is 17.3. The second-order valence-electron chi connectivity index (χ2n) is 8.11. The number of hydrogen-bond donors (Lipinski definition) is 3. The van der Waals surface area contributed by atoms with Crippen molar-refractivity contribution in [3.05, 3.63) is 41.1 Å². The zero-order chi connectivity index (χ0) is 20.9. The van der Waals surface area contributed by atoms with Gasteiger partial charge in [-0.25, -0.2) is 4.79 Å². The van der Waals surface area contributed by atoms with Crippen LogP contribution in [-0.2, 0) is 9.59 Å². The van der Waals surface area contributed by atoms with Gasteiger partial charge in [-0.15, -0.1) is 0 Å². The Labute approximate surface area is 197 Å². The third kappa shape index (κ3) is 3.77. The van der Waals surface area contributed by atoms with Gasteiger partial charge in [-0.1, -0.05) is 24.1 Å². The summed E-state index contributed by atoms with van der Waals surface area (Å²) >= 11 is 0. The number of amides is 3. The maximum absolute atomic E-state index is 12.5. The van der Waals surface area contributed by atoms with Crippen LogP contribution in [0.5, 0.6) is 0 Å². The maximum Gasteiger partial charge on any atom is 1.00 e. The van der Waals surface area contributed by atoms with Gasteiger partial charge in [-0.3, -0.25) is 4.79 Å². The fourth-order valence-electron chi connectivity index (χ4n) is 4.99. The number of nitrogens with zero attached hydrogens (tertiary/aromatic N) is 1. The predicted octanol–water partition coefficient (Wildman–Crippen LogP) is -2.49. The molecule has 2 aliphatic heterocycles. The van der Waals surface area contributed by atoms with E-state index in [9.17, 15) is 24.6 Å². The number of rotatable bonds is 4. The summed E-state index contributed by atoms with van der Waals surface area (Å²) in [4.78, 5) is 38.1. The van der Waals surface area contributed by atoms with Crippen molar-refractivity contribution in [3.63, 3.8) is 0 Å². The Morgan fingerprint density at radius 1 is 1.23 bits per heavy atom. The molecule has 0 bridgehead atoms. The van der Waals surface area contributed by atoms with E-state index in [-0.39, 0.29) is 47.2 Å². The summed E-state index contributed by atoms with van der Waals surface area (Å²) in [6.07, 6.45) is 1.22. The van der Waals surface area contributed by atoms with Gasteiger partial charge in [0.05, 0.1) is 35.8 Å². The Hall–Kier alpha value is -1.87. The van der Waals surface area contributed by atoms with Gasteiger partial charge in [-0.05, 0) is 44.4 Å². The number of nitrogens with one attached hydrogen (secondary N) is 2. The molecule has 30 heavy (non-hydrogen) atoms. The molecule has 1 saturated carbocycles. The van der Waals surface area contributed by atoms with Crippen LogP contribution in [0, 0.1) is 18.8 Å². The third-order valence-electron chi connectivity index (χ3n) is 6.23. The monoisotopic (exact) mass is 421 g/mol. The van der Waals surface area contributed by atoms with E-state index in [0.717, 1.165) is 12.0 Å². The first-order valence-electron chi connectivity index (χ1n) is 9.90. The topological polar surface area (TPSA) is 122 Å². The number of carboxylic acids is 1. The largest absolute Gasteiger partial charge is 1.00 e. The van der Waals surface area contributed by atoms with Crippen LogP contribution in [0.3, 0.4) is 0 Å². The minimum absolute atomic E-state index is 0. The number of aliphatic hydroxyl groups is 1. The summed E-state index contributed by atoms with van der Waals surface area (Å²) in [6.45, 7) is 3.50. The van der Waals surface area contributed by atoms with E-state index < -0.39 is 36.0 Å². The van der Waals surface area contributed by atoms with Crippen molar-refractivity contribution in [2.45, 2.75) is 51.3 Å². The van der Waals surface area contributed by atoms with E-state index in [4.69, 9.17) is 0 Å². The molecule has 0 aromatic heterocycles. The Morgan fingerprint density at radius 3 is 2.50 bits per heavy atom. The summed E-state index contributed by atoms with van der Waals surface area (Å²) in [6, 6.07) is 6.03. The molecule has 154 valence electrons. The number of anilines is 1. The Morgan fingerprint density at radius 2 is 1.90 bits per heavy atom. The van der Waals surface area contributed by atoms with Crippen molar-refractivity contribution in [2.75, 3.05) is 5.32 Å². The van der Waals surface area contributed by atoms with Crippen LogP contribution in [0.15, 0.2) is 35.5 Å². The molecule has 4 rings (SSSR count). The molecule has 0 spiro atoms.